The fraction of sp³-hybridized carbons (Fsp3) is 0.222. The Kier molecular flexibility index (Phi) is 5.45. The van der Waals surface area contributed by atoms with Crippen molar-refractivity contribution in [3.05, 3.63) is 69.2 Å². The minimum absolute atomic E-state index is 0.0566. The molecule has 2 rings (SSSR count). The third kappa shape index (κ3) is 4.81. The Bertz CT molecular complexity index is 732. The Balaban J connectivity index is 2.01. The number of hydrogen-bond acceptors (Lipinski definition) is 2. The van der Waals surface area contributed by atoms with Gasteiger partial charge in [0.1, 0.15) is 0 Å². The maximum atomic E-state index is 12.0. The highest BCUT2D eigenvalue weighted by molar-refractivity contribution is 6.42. The van der Waals surface area contributed by atoms with Crippen LogP contribution in [-0.2, 0) is 5.41 Å². The van der Waals surface area contributed by atoms with Gasteiger partial charge in [0.05, 0.1) is 16.3 Å². The van der Waals surface area contributed by atoms with Crippen LogP contribution in [0.3, 0.4) is 0 Å². The van der Waals surface area contributed by atoms with Crippen molar-refractivity contribution in [2.45, 2.75) is 26.2 Å². The molecule has 23 heavy (non-hydrogen) atoms. The zero-order valence-corrected chi connectivity index (χ0v) is 14.7. The Morgan fingerprint density at radius 3 is 2.26 bits per heavy atom. The number of benzene rings is 2. The monoisotopic (exact) mass is 348 g/mol. The van der Waals surface area contributed by atoms with Gasteiger partial charge in [0, 0.05) is 5.56 Å². The summed E-state index contributed by atoms with van der Waals surface area (Å²) in [5.74, 6) is -0.262. The van der Waals surface area contributed by atoms with Gasteiger partial charge in [0.15, 0.2) is 0 Å². The van der Waals surface area contributed by atoms with Gasteiger partial charge in [-0.2, -0.15) is 5.10 Å². The molecule has 0 bridgehead atoms. The Hall–Kier alpha value is -1.84. The molecule has 0 aliphatic carbocycles. The zero-order chi connectivity index (χ0) is 17.0. The lowest BCUT2D eigenvalue weighted by molar-refractivity contribution is 0.0955. The van der Waals surface area contributed by atoms with Crippen LogP contribution in [0.25, 0.3) is 0 Å². The van der Waals surface area contributed by atoms with Crippen molar-refractivity contribution >= 4 is 35.3 Å². The second-order valence-electron chi connectivity index (χ2n) is 6.20. The third-order valence-electron chi connectivity index (χ3n) is 3.34. The van der Waals surface area contributed by atoms with Crippen LogP contribution in [-0.4, -0.2) is 12.1 Å². The van der Waals surface area contributed by atoms with Crippen molar-refractivity contribution in [1.29, 1.82) is 0 Å². The number of amides is 1. The molecule has 0 fully saturated rings. The van der Waals surface area contributed by atoms with Crippen LogP contribution < -0.4 is 5.43 Å². The average Bonchev–Trinajstić information content (AvgIpc) is 2.50. The molecular weight excluding hydrogens is 331 g/mol. The van der Waals surface area contributed by atoms with Crippen LogP contribution in [0.15, 0.2) is 47.6 Å². The molecule has 0 saturated heterocycles. The molecule has 3 nitrogen and oxygen atoms in total. The summed E-state index contributed by atoms with van der Waals surface area (Å²) >= 11 is 11.8. The lowest BCUT2D eigenvalue weighted by Crippen LogP contribution is -2.18. The predicted octanol–water partition coefficient (Wildman–Crippen LogP) is 5.05. The topological polar surface area (TPSA) is 41.5 Å². The molecule has 0 spiro atoms. The lowest BCUT2D eigenvalue weighted by atomic mass is 9.87. The van der Waals surface area contributed by atoms with Gasteiger partial charge in [-0.3, -0.25) is 4.79 Å². The van der Waals surface area contributed by atoms with Gasteiger partial charge in [-0.15, -0.1) is 0 Å². The van der Waals surface area contributed by atoms with E-state index in [1.807, 2.05) is 12.1 Å². The number of nitrogens with zero attached hydrogens (tertiary/aromatic N) is 1. The molecule has 0 aliphatic heterocycles. The number of halogens is 2. The van der Waals surface area contributed by atoms with E-state index >= 15 is 0 Å². The molecule has 0 radical (unpaired) electrons. The number of rotatable bonds is 3. The van der Waals surface area contributed by atoms with Crippen molar-refractivity contribution < 1.29 is 4.79 Å². The number of hydrogen-bond donors (Lipinski definition) is 1. The van der Waals surface area contributed by atoms with Crippen LogP contribution >= 0.6 is 23.2 Å². The van der Waals surface area contributed by atoms with E-state index in [0.29, 0.717) is 15.6 Å². The molecule has 0 atom stereocenters. The molecule has 5 heteroatoms. The molecule has 0 unspecified atom stereocenters. The minimum atomic E-state index is -0.262. The van der Waals surface area contributed by atoms with Crippen LogP contribution in [0.4, 0.5) is 0 Å². The summed E-state index contributed by atoms with van der Waals surface area (Å²) in [7, 11) is 0. The van der Waals surface area contributed by atoms with Crippen molar-refractivity contribution in [1.82, 2.24) is 5.43 Å². The fourth-order valence-corrected chi connectivity index (χ4v) is 2.25. The second kappa shape index (κ2) is 7.16. The first-order valence-electron chi connectivity index (χ1n) is 7.16. The second-order valence-corrected chi connectivity index (χ2v) is 7.01. The van der Waals surface area contributed by atoms with Gasteiger partial charge in [-0.1, -0.05) is 62.2 Å². The molecular formula is C18H18Cl2N2O. The summed E-state index contributed by atoms with van der Waals surface area (Å²) in [6.45, 7) is 6.39. The summed E-state index contributed by atoms with van der Waals surface area (Å²) < 4.78 is 0. The lowest BCUT2D eigenvalue weighted by Gasteiger charge is -2.18. The van der Waals surface area contributed by atoms with Gasteiger partial charge in [0.2, 0.25) is 0 Å². The Morgan fingerprint density at radius 2 is 1.70 bits per heavy atom. The molecule has 0 saturated carbocycles. The maximum absolute atomic E-state index is 12.0. The van der Waals surface area contributed by atoms with E-state index in [1.165, 1.54) is 11.8 Å². The van der Waals surface area contributed by atoms with E-state index in [-0.39, 0.29) is 11.3 Å². The Labute approximate surface area is 146 Å². The van der Waals surface area contributed by atoms with E-state index in [4.69, 9.17) is 23.2 Å². The third-order valence-corrected chi connectivity index (χ3v) is 4.08. The zero-order valence-electron chi connectivity index (χ0n) is 13.2. The van der Waals surface area contributed by atoms with Crippen molar-refractivity contribution in [2.24, 2.45) is 5.10 Å². The highest BCUT2D eigenvalue weighted by atomic mass is 35.5. The molecule has 120 valence electrons. The number of carbonyl (C=O) groups is 1. The summed E-state index contributed by atoms with van der Waals surface area (Å²) in [6.07, 6.45) is 1.52. The van der Waals surface area contributed by atoms with Crippen LogP contribution in [0, 0.1) is 0 Å². The summed E-state index contributed by atoms with van der Waals surface area (Å²) in [5, 5.41) is 4.86. The molecule has 2 aromatic carbocycles. The van der Waals surface area contributed by atoms with Crippen LogP contribution in [0.2, 0.25) is 10.0 Å². The summed E-state index contributed by atoms with van der Waals surface area (Å²) in [4.78, 5) is 12.0. The highest BCUT2D eigenvalue weighted by Crippen LogP contribution is 2.22. The predicted molar refractivity (Wildman–Crippen MR) is 96.7 cm³/mol. The van der Waals surface area contributed by atoms with Crippen LogP contribution in [0.1, 0.15) is 42.3 Å². The van der Waals surface area contributed by atoms with E-state index in [0.717, 1.165) is 5.56 Å². The van der Waals surface area contributed by atoms with E-state index in [1.54, 1.807) is 30.3 Å². The highest BCUT2D eigenvalue weighted by Gasteiger charge is 2.14. The van der Waals surface area contributed by atoms with Gasteiger partial charge in [-0.25, -0.2) is 5.43 Å². The van der Waals surface area contributed by atoms with E-state index < -0.39 is 0 Å². The quantitative estimate of drug-likeness (QED) is 0.611. The van der Waals surface area contributed by atoms with E-state index in [9.17, 15) is 4.79 Å². The number of hydrazone groups is 1. The molecule has 0 heterocycles. The standard InChI is InChI=1S/C18H18Cl2N2O/c1-18(2,3)14-7-5-13(6-8-14)17(23)22-21-11-12-4-9-15(19)16(20)10-12/h4-11H,1-3H3,(H,22,23). The van der Waals surface area contributed by atoms with Crippen molar-refractivity contribution in [2.75, 3.05) is 0 Å². The Morgan fingerprint density at radius 1 is 1.04 bits per heavy atom. The largest absolute Gasteiger partial charge is 0.271 e. The first-order valence-corrected chi connectivity index (χ1v) is 7.92. The average molecular weight is 349 g/mol. The summed E-state index contributed by atoms with van der Waals surface area (Å²) in [5.41, 5.74) is 5.04. The van der Waals surface area contributed by atoms with E-state index in [2.05, 4.69) is 31.3 Å². The van der Waals surface area contributed by atoms with Gasteiger partial charge in [0.25, 0.3) is 5.91 Å². The van der Waals surface area contributed by atoms with Gasteiger partial charge >= 0.3 is 0 Å². The van der Waals surface area contributed by atoms with Gasteiger partial charge in [-0.05, 0) is 40.8 Å². The number of nitrogens with one attached hydrogen (secondary N) is 1. The SMILES string of the molecule is CC(C)(C)c1ccc(C(=O)NN=Cc2ccc(Cl)c(Cl)c2)cc1. The fourth-order valence-electron chi connectivity index (χ4n) is 1.94. The van der Waals surface area contributed by atoms with Crippen LogP contribution in [0.5, 0.6) is 0 Å². The smallest absolute Gasteiger partial charge is 0.267 e. The molecule has 1 N–H and O–H groups in total. The van der Waals surface area contributed by atoms with Gasteiger partial charge < -0.3 is 0 Å². The first kappa shape index (κ1) is 17.5. The van der Waals surface area contributed by atoms with Crippen molar-refractivity contribution in [3.63, 3.8) is 0 Å². The summed E-state index contributed by atoms with van der Waals surface area (Å²) in [6, 6.07) is 12.6. The molecule has 0 aliphatic rings. The maximum Gasteiger partial charge on any atom is 0.271 e. The normalized spacial score (nSPS) is 11.7. The minimum Gasteiger partial charge on any atom is -0.267 e. The molecule has 0 aromatic heterocycles. The first-order chi connectivity index (χ1) is 10.8. The number of carbonyl (C=O) groups excluding carboxylic acids is 1. The molecule has 1 amide bonds. The molecule has 2 aromatic rings. The van der Waals surface area contributed by atoms with Crippen molar-refractivity contribution in [3.8, 4) is 0 Å².